The summed E-state index contributed by atoms with van der Waals surface area (Å²) in [7, 11) is 0. The quantitative estimate of drug-likeness (QED) is 0.451. The molecule has 1 saturated carbocycles. The zero-order chi connectivity index (χ0) is 25.0. The summed E-state index contributed by atoms with van der Waals surface area (Å²) in [5.74, 6) is 1.13. The number of carbonyl (C=O) groups excluding carboxylic acids is 1. The minimum atomic E-state index is -0.148. The van der Waals surface area contributed by atoms with Gasteiger partial charge in [0.05, 0.1) is 30.2 Å². The molecule has 3 aromatic carbocycles. The Hall–Kier alpha value is -4.13. The van der Waals surface area contributed by atoms with Crippen molar-refractivity contribution in [1.29, 1.82) is 0 Å². The molecule has 0 spiro atoms. The minimum absolute atomic E-state index is 0.148. The van der Waals surface area contributed by atoms with Crippen molar-refractivity contribution in [3.63, 3.8) is 0 Å². The number of hydrogen-bond acceptors (Lipinski definition) is 5. The lowest BCUT2D eigenvalue weighted by molar-refractivity contribution is 0.207. The maximum absolute atomic E-state index is 14.2. The van der Waals surface area contributed by atoms with Crippen LogP contribution < -0.4 is 15.5 Å². The molecular weight excluding hydrogens is 460 g/mol. The molecule has 3 aliphatic rings. The number of nitrogens with one attached hydrogen (secondary N) is 2. The highest BCUT2D eigenvalue weighted by Crippen LogP contribution is 2.38. The SMILES string of the molecule is O=C1N(Cc2ccccc2)N=C(C2CCCCC2)c2ccccc2N1c1ccc(NC2=NCCN2)cc1. The van der Waals surface area contributed by atoms with E-state index in [0.29, 0.717) is 12.5 Å². The van der Waals surface area contributed by atoms with E-state index in [1.54, 1.807) is 5.01 Å². The van der Waals surface area contributed by atoms with E-state index < -0.39 is 0 Å². The Bertz CT molecular complexity index is 1310. The van der Waals surface area contributed by atoms with Crippen molar-refractivity contribution in [2.45, 2.75) is 38.6 Å². The highest BCUT2D eigenvalue weighted by Gasteiger charge is 2.34. The summed E-state index contributed by atoms with van der Waals surface area (Å²) in [6, 6.07) is 26.1. The number of para-hydroxylation sites is 1. The van der Waals surface area contributed by atoms with Crippen molar-refractivity contribution in [2.24, 2.45) is 16.0 Å². The number of urea groups is 1. The summed E-state index contributed by atoms with van der Waals surface area (Å²) < 4.78 is 0. The molecule has 2 heterocycles. The number of hydrogen-bond donors (Lipinski definition) is 2. The van der Waals surface area contributed by atoms with Crippen molar-refractivity contribution < 1.29 is 4.79 Å². The van der Waals surface area contributed by atoms with Crippen molar-refractivity contribution in [1.82, 2.24) is 10.3 Å². The van der Waals surface area contributed by atoms with Crippen molar-refractivity contribution in [3.8, 4) is 0 Å². The summed E-state index contributed by atoms with van der Waals surface area (Å²) in [5.41, 5.74) is 5.75. The van der Waals surface area contributed by atoms with Gasteiger partial charge in [-0.05, 0) is 48.7 Å². The van der Waals surface area contributed by atoms with E-state index in [9.17, 15) is 4.79 Å². The van der Waals surface area contributed by atoms with E-state index >= 15 is 0 Å². The van der Waals surface area contributed by atoms with Crippen molar-refractivity contribution in [3.05, 3.63) is 90.0 Å². The van der Waals surface area contributed by atoms with Gasteiger partial charge < -0.3 is 10.6 Å². The number of rotatable bonds is 5. The molecule has 0 unspecified atom stereocenters. The second-order valence-electron chi connectivity index (χ2n) is 9.83. The number of amides is 2. The fraction of sp³-hybridized carbons (Fsp3) is 0.300. The molecule has 2 N–H and O–H groups in total. The fourth-order valence-corrected chi connectivity index (χ4v) is 5.43. The molecule has 0 bridgehead atoms. The lowest BCUT2D eigenvalue weighted by Crippen LogP contribution is -2.36. The van der Waals surface area contributed by atoms with Crippen LogP contribution in [0.5, 0.6) is 0 Å². The van der Waals surface area contributed by atoms with Crippen LogP contribution in [0.4, 0.5) is 21.9 Å². The van der Waals surface area contributed by atoms with Crippen LogP contribution in [0.15, 0.2) is 89.0 Å². The van der Waals surface area contributed by atoms with Crippen LogP contribution in [0.1, 0.15) is 43.2 Å². The second-order valence-corrected chi connectivity index (χ2v) is 9.83. The molecule has 2 aliphatic heterocycles. The van der Waals surface area contributed by atoms with Crippen LogP contribution in [-0.2, 0) is 6.54 Å². The monoisotopic (exact) mass is 492 g/mol. The average molecular weight is 493 g/mol. The van der Waals surface area contributed by atoms with E-state index in [0.717, 1.165) is 65.8 Å². The van der Waals surface area contributed by atoms with E-state index in [2.05, 4.69) is 27.8 Å². The van der Waals surface area contributed by atoms with E-state index in [1.165, 1.54) is 19.3 Å². The van der Waals surface area contributed by atoms with Gasteiger partial charge in [-0.15, -0.1) is 0 Å². The number of anilines is 3. The average Bonchev–Trinajstić information content (AvgIpc) is 3.43. The molecule has 3 aromatic rings. The smallest absolute Gasteiger partial charge is 0.349 e. The molecule has 7 heteroatoms. The molecule has 1 fully saturated rings. The Kier molecular flexibility index (Phi) is 6.58. The maximum atomic E-state index is 14.2. The van der Waals surface area contributed by atoms with Gasteiger partial charge in [0, 0.05) is 23.7 Å². The minimum Gasteiger partial charge on any atom is -0.354 e. The third-order valence-electron chi connectivity index (χ3n) is 7.29. The summed E-state index contributed by atoms with van der Waals surface area (Å²) in [6.07, 6.45) is 5.90. The Morgan fingerprint density at radius 3 is 2.41 bits per heavy atom. The first-order valence-corrected chi connectivity index (χ1v) is 13.2. The molecule has 188 valence electrons. The van der Waals surface area contributed by atoms with E-state index in [1.807, 2.05) is 71.6 Å². The summed E-state index contributed by atoms with van der Waals surface area (Å²) in [6.45, 7) is 2.05. The molecule has 1 aliphatic carbocycles. The fourth-order valence-electron chi connectivity index (χ4n) is 5.43. The predicted molar refractivity (Wildman–Crippen MR) is 149 cm³/mol. The van der Waals surface area contributed by atoms with Gasteiger partial charge in [0.15, 0.2) is 5.96 Å². The number of fused-ring (bicyclic) bond motifs is 1. The molecule has 0 atom stereocenters. The third kappa shape index (κ3) is 4.94. The second kappa shape index (κ2) is 10.5. The van der Waals surface area contributed by atoms with Crippen molar-refractivity contribution in [2.75, 3.05) is 23.3 Å². The van der Waals surface area contributed by atoms with Crippen LogP contribution in [0.25, 0.3) is 0 Å². The number of carbonyl (C=O) groups is 1. The summed E-state index contributed by atoms with van der Waals surface area (Å²) >= 11 is 0. The highest BCUT2D eigenvalue weighted by molar-refractivity contribution is 6.13. The summed E-state index contributed by atoms with van der Waals surface area (Å²) in [5, 5.41) is 13.3. The normalized spacial score (nSPS) is 18.0. The van der Waals surface area contributed by atoms with Crippen LogP contribution >= 0.6 is 0 Å². The van der Waals surface area contributed by atoms with Crippen LogP contribution in [0, 0.1) is 5.92 Å². The zero-order valence-corrected chi connectivity index (χ0v) is 20.9. The number of aliphatic imine (C=N–C) groups is 1. The lowest BCUT2D eigenvalue weighted by Gasteiger charge is -2.27. The van der Waals surface area contributed by atoms with Gasteiger partial charge in [0.25, 0.3) is 0 Å². The standard InChI is InChI=1S/C30H32N6O/c37-30-35(21-22-9-3-1-4-10-22)34-28(23-11-5-2-6-12-23)26-13-7-8-14-27(26)36(30)25-17-15-24(16-18-25)33-29-31-19-20-32-29/h1,3-4,7-10,13-18,23H,2,5-6,11-12,19-21H2,(H2,31,32,33). The Balaban J connectivity index is 1.40. The van der Waals surface area contributed by atoms with Crippen LogP contribution in [-0.4, -0.2) is 35.8 Å². The van der Waals surface area contributed by atoms with Crippen LogP contribution in [0.3, 0.4) is 0 Å². The molecule has 2 amide bonds. The Morgan fingerprint density at radius 2 is 1.65 bits per heavy atom. The number of guanidine groups is 1. The molecule has 7 nitrogen and oxygen atoms in total. The summed E-state index contributed by atoms with van der Waals surface area (Å²) in [4.78, 5) is 20.4. The predicted octanol–water partition coefficient (Wildman–Crippen LogP) is 6.12. The molecule has 37 heavy (non-hydrogen) atoms. The first-order valence-electron chi connectivity index (χ1n) is 13.2. The Morgan fingerprint density at radius 1 is 0.892 bits per heavy atom. The topological polar surface area (TPSA) is 72.3 Å². The van der Waals surface area contributed by atoms with Gasteiger partial charge in [-0.1, -0.05) is 67.8 Å². The highest BCUT2D eigenvalue weighted by atomic mass is 16.2. The van der Waals surface area contributed by atoms with Gasteiger partial charge in [-0.3, -0.25) is 9.89 Å². The number of hydrazone groups is 1. The van der Waals surface area contributed by atoms with Gasteiger partial charge in [0.2, 0.25) is 0 Å². The first kappa shape index (κ1) is 23.3. The first-order chi connectivity index (χ1) is 18.3. The molecule has 0 saturated heterocycles. The van der Waals surface area contributed by atoms with Crippen LogP contribution in [0.2, 0.25) is 0 Å². The van der Waals surface area contributed by atoms with Crippen molar-refractivity contribution >= 4 is 34.8 Å². The van der Waals surface area contributed by atoms with Gasteiger partial charge >= 0.3 is 6.03 Å². The lowest BCUT2D eigenvalue weighted by atomic mass is 9.83. The largest absolute Gasteiger partial charge is 0.354 e. The van der Waals surface area contributed by atoms with Gasteiger partial charge in [-0.2, -0.15) is 5.10 Å². The number of nitrogens with zero attached hydrogens (tertiary/aromatic N) is 4. The third-order valence-corrected chi connectivity index (χ3v) is 7.29. The Labute approximate surface area is 217 Å². The number of benzene rings is 3. The van der Waals surface area contributed by atoms with E-state index in [-0.39, 0.29) is 6.03 Å². The molecule has 0 aromatic heterocycles. The maximum Gasteiger partial charge on any atom is 0.349 e. The molecule has 6 rings (SSSR count). The molecule has 0 radical (unpaired) electrons. The van der Waals surface area contributed by atoms with Gasteiger partial charge in [-0.25, -0.2) is 9.80 Å². The van der Waals surface area contributed by atoms with E-state index in [4.69, 9.17) is 5.10 Å². The zero-order valence-electron chi connectivity index (χ0n) is 20.9. The van der Waals surface area contributed by atoms with Gasteiger partial charge in [0.1, 0.15) is 0 Å². The molecular formula is C30H32N6O.